The van der Waals surface area contributed by atoms with Gasteiger partial charge in [-0.1, -0.05) is 25.4 Å². The number of hydrogen-bond acceptors (Lipinski definition) is 3. The molecular weight excluding hydrogens is 330 g/mol. The number of carbonyl (C=O) groups excluding carboxylic acids is 1. The lowest BCUT2D eigenvalue weighted by Crippen LogP contribution is -2.53. The maximum Gasteiger partial charge on any atom is 0.242 e. The monoisotopic (exact) mass is 345 g/mol. The normalized spacial score (nSPS) is 22.0. The van der Waals surface area contributed by atoms with Gasteiger partial charge in [-0.15, -0.1) is 0 Å². The summed E-state index contributed by atoms with van der Waals surface area (Å²) in [5, 5.41) is 6.42. The van der Waals surface area contributed by atoms with E-state index in [2.05, 4.69) is 45.4 Å². The first-order chi connectivity index (χ1) is 8.90. The molecular formula is C13H17BrClN3O. The Kier molecular flexibility index (Phi) is 4.48. The van der Waals surface area contributed by atoms with E-state index in [9.17, 15) is 4.79 Å². The van der Waals surface area contributed by atoms with Crippen molar-refractivity contribution in [2.24, 2.45) is 5.41 Å². The van der Waals surface area contributed by atoms with Crippen LogP contribution in [0.25, 0.3) is 0 Å². The van der Waals surface area contributed by atoms with Crippen molar-refractivity contribution in [2.45, 2.75) is 32.7 Å². The summed E-state index contributed by atoms with van der Waals surface area (Å²) in [4.78, 5) is 16.4. The molecule has 1 saturated heterocycles. The third-order valence-electron chi connectivity index (χ3n) is 3.45. The largest absolute Gasteiger partial charge is 0.322 e. The van der Waals surface area contributed by atoms with Crippen LogP contribution < -0.4 is 10.6 Å². The van der Waals surface area contributed by atoms with Gasteiger partial charge in [-0.3, -0.25) is 4.79 Å². The van der Waals surface area contributed by atoms with E-state index in [1.807, 2.05) is 0 Å². The number of nitrogens with zero attached hydrogens (tertiary/aromatic N) is 1. The summed E-state index contributed by atoms with van der Waals surface area (Å²) in [7, 11) is 0. The number of carbonyl (C=O) groups is 1. The van der Waals surface area contributed by atoms with Crippen LogP contribution in [0.4, 0.5) is 5.69 Å². The molecule has 19 heavy (non-hydrogen) atoms. The van der Waals surface area contributed by atoms with Crippen LogP contribution in [0, 0.1) is 5.41 Å². The molecule has 1 aromatic rings. The first kappa shape index (κ1) is 14.8. The summed E-state index contributed by atoms with van der Waals surface area (Å²) >= 11 is 9.30. The fourth-order valence-corrected chi connectivity index (χ4v) is 2.86. The molecule has 2 rings (SSSR count). The fraction of sp³-hybridized carbons (Fsp3) is 0.538. The topological polar surface area (TPSA) is 54.0 Å². The lowest BCUT2D eigenvalue weighted by Gasteiger charge is -2.38. The van der Waals surface area contributed by atoms with Crippen LogP contribution in [-0.4, -0.2) is 23.5 Å². The zero-order valence-electron chi connectivity index (χ0n) is 11.0. The SMILES string of the molecule is CC1(C)CCCNC1C(=O)Nc1cc(Br)cnc1Cl. The third-order valence-corrected chi connectivity index (χ3v) is 4.19. The van der Waals surface area contributed by atoms with Gasteiger partial charge in [-0.2, -0.15) is 0 Å². The summed E-state index contributed by atoms with van der Waals surface area (Å²) in [6.45, 7) is 5.07. The molecule has 2 heterocycles. The minimum Gasteiger partial charge on any atom is -0.322 e. The maximum absolute atomic E-state index is 12.4. The van der Waals surface area contributed by atoms with Crippen molar-refractivity contribution in [1.82, 2.24) is 10.3 Å². The van der Waals surface area contributed by atoms with Crippen molar-refractivity contribution < 1.29 is 4.79 Å². The number of amides is 1. The quantitative estimate of drug-likeness (QED) is 0.809. The molecule has 1 aliphatic heterocycles. The van der Waals surface area contributed by atoms with Crippen molar-refractivity contribution in [3.63, 3.8) is 0 Å². The van der Waals surface area contributed by atoms with Gasteiger partial charge >= 0.3 is 0 Å². The van der Waals surface area contributed by atoms with E-state index >= 15 is 0 Å². The molecule has 1 aromatic heterocycles. The Morgan fingerprint density at radius 1 is 1.63 bits per heavy atom. The van der Waals surface area contributed by atoms with E-state index in [0.717, 1.165) is 23.9 Å². The molecule has 0 bridgehead atoms. The highest BCUT2D eigenvalue weighted by molar-refractivity contribution is 9.10. The van der Waals surface area contributed by atoms with E-state index in [1.165, 1.54) is 0 Å². The molecule has 4 nitrogen and oxygen atoms in total. The predicted molar refractivity (Wildman–Crippen MR) is 80.4 cm³/mol. The number of pyridine rings is 1. The van der Waals surface area contributed by atoms with Gasteiger partial charge in [-0.25, -0.2) is 4.98 Å². The number of rotatable bonds is 2. The summed E-state index contributed by atoms with van der Waals surface area (Å²) in [5.74, 6) is -0.0634. The Morgan fingerprint density at radius 2 is 2.37 bits per heavy atom. The highest BCUT2D eigenvalue weighted by Gasteiger charge is 2.37. The molecule has 1 unspecified atom stereocenters. The van der Waals surface area contributed by atoms with Crippen molar-refractivity contribution in [3.05, 3.63) is 21.9 Å². The molecule has 1 fully saturated rings. The average molecular weight is 347 g/mol. The van der Waals surface area contributed by atoms with Crippen LogP contribution >= 0.6 is 27.5 Å². The summed E-state index contributed by atoms with van der Waals surface area (Å²) < 4.78 is 0.781. The van der Waals surface area contributed by atoms with Gasteiger partial charge in [0.15, 0.2) is 5.15 Å². The minimum atomic E-state index is -0.212. The molecule has 0 aliphatic carbocycles. The van der Waals surface area contributed by atoms with Crippen molar-refractivity contribution in [2.75, 3.05) is 11.9 Å². The van der Waals surface area contributed by atoms with Gasteiger partial charge < -0.3 is 10.6 Å². The van der Waals surface area contributed by atoms with Crippen LogP contribution in [0.15, 0.2) is 16.7 Å². The maximum atomic E-state index is 12.4. The van der Waals surface area contributed by atoms with Gasteiger partial charge in [0, 0.05) is 10.7 Å². The smallest absolute Gasteiger partial charge is 0.242 e. The molecule has 2 N–H and O–H groups in total. The Bertz CT molecular complexity index is 493. The highest BCUT2D eigenvalue weighted by Crippen LogP contribution is 2.31. The summed E-state index contributed by atoms with van der Waals surface area (Å²) in [6, 6.07) is 1.54. The lowest BCUT2D eigenvalue weighted by atomic mass is 9.77. The number of nitrogens with one attached hydrogen (secondary N) is 2. The van der Waals surface area contributed by atoms with Crippen LogP contribution in [0.2, 0.25) is 5.15 Å². The van der Waals surface area contributed by atoms with Crippen LogP contribution in [0.5, 0.6) is 0 Å². The van der Waals surface area contributed by atoms with Gasteiger partial charge in [0.1, 0.15) is 0 Å². The van der Waals surface area contributed by atoms with Gasteiger partial charge in [0.25, 0.3) is 0 Å². The molecule has 0 saturated carbocycles. The number of aromatic nitrogens is 1. The van der Waals surface area contributed by atoms with Crippen molar-refractivity contribution in [1.29, 1.82) is 0 Å². The van der Waals surface area contributed by atoms with Gasteiger partial charge in [0.05, 0.1) is 11.7 Å². The number of piperidine rings is 1. The Labute approximate surface area is 126 Å². The molecule has 0 aromatic carbocycles. The van der Waals surface area contributed by atoms with E-state index in [-0.39, 0.29) is 17.4 Å². The number of halogens is 2. The lowest BCUT2D eigenvalue weighted by molar-refractivity contribution is -0.121. The van der Waals surface area contributed by atoms with E-state index in [0.29, 0.717) is 10.8 Å². The molecule has 1 amide bonds. The fourth-order valence-electron chi connectivity index (χ4n) is 2.37. The number of anilines is 1. The van der Waals surface area contributed by atoms with Gasteiger partial charge in [0.2, 0.25) is 5.91 Å². The molecule has 104 valence electrons. The second kappa shape index (κ2) is 5.77. The molecule has 0 spiro atoms. The summed E-state index contributed by atoms with van der Waals surface area (Å²) in [6.07, 6.45) is 3.72. The standard InChI is InChI=1S/C13H17BrClN3O/c1-13(2)4-3-5-16-10(13)12(19)18-9-6-8(14)7-17-11(9)15/h6-7,10,16H,3-5H2,1-2H3,(H,18,19). The second-order valence-corrected chi connectivity index (χ2v) is 6.73. The predicted octanol–water partition coefficient (Wildman–Crippen LogP) is 3.21. The highest BCUT2D eigenvalue weighted by atomic mass is 79.9. The zero-order valence-corrected chi connectivity index (χ0v) is 13.3. The van der Waals surface area contributed by atoms with Gasteiger partial charge in [-0.05, 0) is 46.8 Å². The zero-order chi connectivity index (χ0) is 14.0. The second-order valence-electron chi connectivity index (χ2n) is 5.46. The molecule has 1 aliphatic rings. The van der Waals surface area contributed by atoms with E-state index in [1.54, 1.807) is 12.3 Å². The first-order valence-corrected chi connectivity index (χ1v) is 7.42. The van der Waals surface area contributed by atoms with Crippen LogP contribution in [0.1, 0.15) is 26.7 Å². The van der Waals surface area contributed by atoms with Crippen molar-refractivity contribution in [3.8, 4) is 0 Å². The van der Waals surface area contributed by atoms with E-state index < -0.39 is 0 Å². The Balaban J connectivity index is 2.14. The first-order valence-electron chi connectivity index (χ1n) is 6.25. The average Bonchev–Trinajstić information content (AvgIpc) is 2.33. The Hall–Kier alpha value is -0.650. The van der Waals surface area contributed by atoms with Crippen molar-refractivity contribution >= 4 is 39.1 Å². The molecule has 1 atom stereocenters. The van der Waals surface area contributed by atoms with Crippen LogP contribution in [-0.2, 0) is 4.79 Å². The molecule has 6 heteroatoms. The van der Waals surface area contributed by atoms with Crippen LogP contribution in [0.3, 0.4) is 0 Å². The van der Waals surface area contributed by atoms with E-state index in [4.69, 9.17) is 11.6 Å². The Morgan fingerprint density at radius 3 is 3.05 bits per heavy atom. The molecule has 0 radical (unpaired) electrons. The summed E-state index contributed by atoms with van der Waals surface area (Å²) in [5.41, 5.74) is 0.470. The third kappa shape index (κ3) is 3.46. The number of hydrogen-bond donors (Lipinski definition) is 2. The minimum absolute atomic E-state index is 0.0613.